The Balaban J connectivity index is 1.76. The summed E-state index contributed by atoms with van der Waals surface area (Å²) in [5.41, 5.74) is 0.520. The highest BCUT2D eigenvalue weighted by Gasteiger charge is 2.47. The number of rotatable bonds is 0. The van der Waals surface area contributed by atoms with Crippen LogP contribution in [0.15, 0.2) is 12.2 Å². The Morgan fingerprint density at radius 1 is 1.18 bits per heavy atom. The zero-order chi connectivity index (χ0) is 12.0. The Labute approximate surface area is 101 Å². The van der Waals surface area contributed by atoms with E-state index < -0.39 is 0 Å². The Kier molecular flexibility index (Phi) is 2.71. The average molecular weight is 238 g/mol. The molecule has 0 radical (unpaired) electrons. The van der Waals surface area contributed by atoms with Crippen molar-refractivity contribution in [1.29, 1.82) is 0 Å². The van der Waals surface area contributed by atoms with E-state index in [9.17, 15) is 9.90 Å². The molecule has 0 aromatic carbocycles. The molecule has 4 nitrogen and oxygen atoms in total. The molecule has 1 saturated carbocycles. The minimum Gasteiger partial charge on any atom is -0.458 e. The third-order valence-corrected chi connectivity index (χ3v) is 4.12. The zero-order valence-electron chi connectivity index (χ0n) is 9.80. The number of carbonyl (C=O) groups is 1. The van der Waals surface area contributed by atoms with E-state index in [-0.39, 0.29) is 30.2 Å². The van der Waals surface area contributed by atoms with Crippen LogP contribution in [0, 0.1) is 5.92 Å². The topological polar surface area (TPSA) is 59.1 Å². The molecule has 0 aromatic rings. The largest absolute Gasteiger partial charge is 0.458 e. The number of esters is 1. The molecule has 0 amide bonds. The summed E-state index contributed by atoms with van der Waals surface area (Å²) in [4.78, 5) is 11.5. The first-order chi connectivity index (χ1) is 8.15. The number of fused-ring (bicyclic) bond motifs is 2. The van der Waals surface area contributed by atoms with Gasteiger partial charge in [0.1, 0.15) is 6.10 Å². The van der Waals surface area contributed by atoms with Crippen LogP contribution in [0.4, 0.5) is 0 Å². The van der Waals surface area contributed by atoms with Crippen molar-refractivity contribution < 1.29 is 19.4 Å². The molecule has 4 heteroatoms. The van der Waals surface area contributed by atoms with Crippen LogP contribution in [0.1, 0.15) is 32.1 Å². The smallest absolute Gasteiger partial charge is 0.334 e. The van der Waals surface area contributed by atoms with Gasteiger partial charge in [-0.15, -0.1) is 0 Å². The first-order valence-corrected chi connectivity index (χ1v) is 6.38. The van der Waals surface area contributed by atoms with Crippen LogP contribution < -0.4 is 0 Å². The van der Waals surface area contributed by atoms with Crippen molar-refractivity contribution in [2.45, 2.75) is 56.5 Å². The van der Waals surface area contributed by atoms with Crippen molar-refractivity contribution in [3.63, 3.8) is 0 Å². The van der Waals surface area contributed by atoms with Crippen LogP contribution in [0.25, 0.3) is 0 Å². The second-order valence-corrected chi connectivity index (χ2v) is 5.34. The fourth-order valence-corrected chi connectivity index (χ4v) is 3.01. The van der Waals surface area contributed by atoms with E-state index in [0.717, 1.165) is 25.7 Å². The normalized spacial score (nSPS) is 45.8. The fourth-order valence-electron chi connectivity index (χ4n) is 3.01. The van der Waals surface area contributed by atoms with Crippen molar-refractivity contribution in [2.24, 2.45) is 5.92 Å². The minimum atomic E-state index is -0.357. The Morgan fingerprint density at radius 3 is 2.82 bits per heavy atom. The fraction of sp³-hybridized carbons (Fsp3) is 0.769. The lowest BCUT2D eigenvalue weighted by molar-refractivity contribution is -0.139. The number of ether oxygens (including phenoxy) is 2. The maximum atomic E-state index is 11.5. The van der Waals surface area contributed by atoms with Gasteiger partial charge >= 0.3 is 5.97 Å². The van der Waals surface area contributed by atoms with E-state index in [1.54, 1.807) is 0 Å². The van der Waals surface area contributed by atoms with Gasteiger partial charge in [0.05, 0.1) is 18.3 Å². The molecule has 3 fully saturated rings. The molecule has 17 heavy (non-hydrogen) atoms. The van der Waals surface area contributed by atoms with Gasteiger partial charge in [-0.1, -0.05) is 6.58 Å². The van der Waals surface area contributed by atoms with E-state index in [1.807, 2.05) is 0 Å². The van der Waals surface area contributed by atoms with Crippen molar-refractivity contribution in [1.82, 2.24) is 0 Å². The summed E-state index contributed by atoms with van der Waals surface area (Å²) in [6.07, 6.45) is 4.18. The van der Waals surface area contributed by atoms with Gasteiger partial charge in [-0.3, -0.25) is 0 Å². The Bertz CT molecular complexity index is 351. The summed E-state index contributed by atoms with van der Waals surface area (Å²) >= 11 is 0. The number of aliphatic hydroxyl groups is 1. The van der Waals surface area contributed by atoms with Gasteiger partial charge < -0.3 is 14.6 Å². The highest BCUT2D eigenvalue weighted by molar-refractivity contribution is 5.90. The monoisotopic (exact) mass is 238 g/mol. The van der Waals surface area contributed by atoms with Crippen LogP contribution in [0.2, 0.25) is 0 Å². The third kappa shape index (κ3) is 2.11. The van der Waals surface area contributed by atoms with Gasteiger partial charge in [0.15, 0.2) is 0 Å². The van der Waals surface area contributed by atoms with Crippen LogP contribution in [-0.2, 0) is 14.3 Å². The first kappa shape index (κ1) is 11.2. The van der Waals surface area contributed by atoms with E-state index in [0.29, 0.717) is 18.1 Å². The molecule has 3 rings (SSSR count). The van der Waals surface area contributed by atoms with Crippen LogP contribution in [0.5, 0.6) is 0 Å². The van der Waals surface area contributed by atoms with E-state index in [4.69, 9.17) is 9.47 Å². The Morgan fingerprint density at radius 2 is 2.00 bits per heavy atom. The summed E-state index contributed by atoms with van der Waals surface area (Å²) in [6, 6.07) is 0. The number of hydrogen-bond donors (Lipinski definition) is 1. The molecule has 2 saturated heterocycles. The summed E-state index contributed by atoms with van der Waals surface area (Å²) in [6.45, 7) is 3.79. The van der Waals surface area contributed by atoms with Gasteiger partial charge in [0, 0.05) is 17.9 Å². The maximum absolute atomic E-state index is 11.5. The second-order valence-electron chi connectivity index (χ2n) is 5.34. The number of carbonyl (C=O) groups excluding carboxylic acids is 1. The van der Waals surface area contributed by atoms with Crippen molar-refractivity contribution in [3.05, 3.63) is 12.2 Å². The molecule has 2 heterocycles. The lowest BCUT2D eigenvalue weighted by Gasteiger charge is -2.21. The average Bonchev–Trinajstić information content (AvgIpc) is 2.96. The van der Waals surface area contributed by atoms with Crippen molar-refractivity contribution in [3.8, 4) is 0 Å². The van der Waals surface area contributed by atoms with Crippen LogP contribution >= 0.6 is 0 Å². The lowest BCUT2D eigenvalue weighted by atomic mass is 9.86. The molecule has 3 aliphatic rings. The molecule has 0 bridgehead atoms. The van der Waals surface area contributed by atoms with E-state index in [1.165, 1.54) is 0 Å². The van der Waals surface area contributed by atoms with Gasteiger partial charge in [0.2, 0.25) is 0 Å². The maximum Gasteiger partial charge on any atom is 0.334 e. The predicted octanol–water partition coefficient (Wildman–Crippen LogP) is 1.18. The minimum absolute atomic E-state index is 0.0274. The molecule has 1 N–H and O–H groups in total. The van der Waals surface area contributed by atoms with Crippen LogP contribution in [-0.4, -0.2) is 35.5 Å². The van der Waals surface area contributed by atoms with Gasteiger partial charge in [-0.05, 0) is 25.7 Å². The van der Waals surface area contributed by atoms with Crippen molar-refractivity contribution in [2.75, 3.05) is 0 Å². The van der Waals surface area contributed by atoms with Crippen molar-refractivity contribution >= 4 is 5.97 Å². The quantitative estimate of drug-likeness (QED) is 0.391. The number of hydrogen-bond acceptors (Lipinski definition) is 4. The third-order valence-electron chi connectivity index (χ3n) is 4.12. The number of epoxide rings is 1. The summed E-state index contributed by atoms with van der Waals surface area (Å²) < 4.78 is 10.9. The lowest BCUT2D eigenvalue weighted by Crippen LogP contribution is -2.25. The second kappa shape index (κ2) is 4.10. The zero-order valence-corrected chi connectivity index (χ0v) is 9.80. The van der Waals surface area contributed by atoms with Gasteiger partial charge in [-0.2, -0.15) is 0 Å². The molecule has 1 aliphatic carbocycles. The molecule has 0 spiro atoms. The number of aliphatic hydroxyl groups excluding tert-OH is 1. The summed E-state index contributed by atoms with van der Waals surface area (Å²) in [7, 11) is 0. The van der Waals surface area contributed by atoms with Gasteiger partial charge in [-0.25, -0.2) is 4.79 Å². The molecule has 94 valence electrons. The summed E-state index contributed by atoms with van der Waals surface area (Å²) in [5, 5.41) is 9.93. The Hall–Kier alpha value is -0.870. The molecule has 0 unspecified atom stereocenters. The van der Waals surface area contributed by atoms with Crippen LogP contribution in [0.3, 0.4) is 0 Å². The standard InChI is InChI=1S/C13H18O4/c1-7-9-5-8(14)3-2-4-10-12(16-10)6-11(9)17-13(7)15/h8-12,14H,1-6H2/t8-,9+,10+,11+,12-/m1/s1. The summed E-state index contributed by atoms with van der Waals surface area (Å²) in [5.74, 6) is -0.330. The highest BCUT2D eigenvalue weighted by Crippen LogP contribution is 2.40. The highest BCUT2D eigenvalue weighted by atomic mass is 16.6. The van der Waals surface area contributed by atoms with E-state index in [2.05, 4.69) is 6.58 Å². The molecular weight excluding hydrogens is 220 g/mol. The van der Waals surface area contributed by atoms with Gasteiger partial charge in [0.25, 0.3) is 0 Å². The SMILES string of the molecule is C=C1C(=O)O[C@H]2C[C@H]3O[C@H]3CCC[C@@H](O)C[C@@H]12. The molecular formula is C13H18O4. The molecule has 2 aliphatic heterocycles. The predicted molar refractivity (Wildman–Crippen MR) is 60.3 cm³/mol. The van der Waals surface area contributed by atoms with E-state index >= 15 is 0 Å². The molecule has 5 atom stereocenters. The first-order valence-electron chi connectivity index (χ1n) is 6.38. The molecule has 0 aromatic heterocycles.